The molecule has 2 fully saturated rings. The zero-order valence-electron chi connectivity index (χ0n) is 13.5. The Balaban J connectivity index is 1.54. The Bertz CT molecular complexity index is 504. The van der Waals surface area contributed by atoms with Crippen molar-refractivity contribution in [1.82, 2.24) is 24.7 Å². The van der Waals surface area contributed by atoms with Crippen LogP contribution >= 0.6 is 0 Å². The summed E-state index contributed by atoms with van der Waals surface area (Å²) in [7, 11) is 0. The van der Waals surface area contributed by atoms with Crippen LogP contribution in [-0.2, 0) is 4.79 Å². The lowest BCUT2D eigenvalue weighted by molar-refractivity contribution is -0.133. The van der Waals surface area contributed by atoms with Gasteiger partial charge >= 0.3 is 0 Å². The van der Waals surface area contributed by atoms with Crippen LogP contribution in [-0.4, -0.2) is 88.1 Å². The number of rotatable bonds is 5. The van der Waals surface area contributed by atoms with Gasteiger partial charge < -0.3 is 10.0 Å². The number of β-amino-alcohol motifs (C(OH)–C–C–N with tert-alkyl or cyclic N) is 1. The summed E-state index contributed by atoms with van der Waals surface area (Å²) in [6.45, 7) is 5.84. The molecule has 1 aromatic rings. The zero-order chi connectivity index (χ0) is 16.1. The molecule has 0 saturated carbocycles. The molecule has 0 spiro atoms. The summed E-state index contributed by atoms with van der Waals surface area (Å²) < 4.78 is 0. The van der Waals surface area contributed by atoms with Gasteiger partial charge in [0.2, 0.25) is 5.91 Å². The lowest BCUT2D eigenvalue weighted by Gasteiger charge is -2.35. The number of carbonyl (C=O) groups is 1. The summed E-state index contributed by atoms with van der Waals surface area (Å²) in [5.74, 6) is 0.196. The second-order valence-corrected chi connectivity index (χ2v) is 6.22. The van der Waals surface area contributed by atoms with Crippen LogP contribution in [0.25, 0.3) is 0 Å². The molecule has 1 amide bonds. The second kappa shape index (κ2) is 7.81. The lowest BCUT2D eigenvalue weighted by atomic mass is 10.1. The molecule has 7 nitrogen and oxygen atoms in total. The number of piperazine rings is 1. The topological polar surface area (TPSA) is 72.8 Å². The van der Waals surface area contributed by atoms with E-state index >= 15 is 0 Å². The highest BCUT2D eigenvalue weighted by Crippen LogP contribution is 2.30. The molecule has 7 heteroatoms. The first kappa shape index (κ1) is 16.3. The maximum atomic E-state index is 12.7. The van der Waals surface area contributed by atoms with E-state index in [9.17, 15) is 4.79 Å². The van der Waals surface area contributed by atoms with E-state index in [0.717, 1.165) is 57.8 Å². The molecular weight excluding hydrogens is 294 g/mol. The summed E-state index contributed by atoms with van der Waals surface area (Å²) in [5.41, 5.74) is 0.943. The normalized spacial score (nSPS) is 23.3. The molecule has 0 radical (unpaired) electrons. The van der Waals surface area contributed by atoms with Crippen LogP contribution in [0.1, 0.15) is 24.6 Å². The predicted octanol–water partition coefficient (Wildman–Crippen LogP) is -0.250. The third kappa shape index (κ3) is 4.04. The van der Waals surface area contributed by atoms with Gasteiger partial charge in [0.15, 0.2) is 0 Å². The minimum Gasteiger partial charge on any atom is -0.395 e. The second-order valence-electron chi connectivity index (χ2n) is 6.22. The first-order valence-electron chi connectivity index (χ1n) is 8.39. The Morgan fingerprint density at radius 1 is 1.22 bits per heavy atom. The molecule has 3 rings (SSSR count). The molecular formula is C16H25N5O2. The van der Waals surface area contributed by atoms with E-state index in [0.29, 0.717) is 6.54 Å². The van der Waals surface area contributed by atoms with Gasteiger partial charge in [-0.1, -0.05) is 0 Å². The monoisotopic (exact) mass is 319 g/mol. The van der Waals surface area contributed by atoms with E-state index < -0.39 is 0 Å². The highest BCUT2D eigenvalue weighted by atomic mass is 16.3. The standard InChI is InChI=1S/C16H25N5O2/c22-11-10-19-6-8-20(9-7-19)12-16(23)21-5-1-2-15(21)14-3-4-17-13-18-14/h3-4,13,15,22H,1-2,5-12H2. The van der Waals surface area contributed by atoms with Gasteiger partial charge in [-0.2, -0.15) is 0 Å². The Morgan fingerprint density at radius 2 is 2.00 bits per heavy atom. The molecule has 1 unspecified atom stereocenters. The van der Waals surface area contributed by atoms with Crippen molar-refractivity contribution in [2.24, 2.45) is 0 Å². The van der Waals surface area contributed by atoms with E-state index in [1.165, 1.54) is 0 Å². The number of nitrogens with zero attached hydrogens (tertiary/aromatic N) is 5. The van der Waals surface area contributed by atoms with Crippen LogP contribution in [0.4, 0.5) is 0 Å². The minimum atomic E-state index is 0.0983. The smallest absolute Gasteiger partial charge is 0.237 e. The van der Waals surface area contributed by atoms with Crippen molar-refractivity contribution in [3.63, 3.8) is 0 Å². The Kier molecular flexibility index (Phi) is 5.53. The number of hydrogen-bond donors (Lipinski definition) is 1. The van der Waals surface area contributed by atoms with Gasteiger partial charge in [0.05, 0.1) is 24.9 Å². The SMILES string of the molecule is O=C(CN1CCN(CCO)CC1)N1CCCC1c1ccncn1. The average Bonchev–Trinajstić information content (AvgIpc) is 3.07. The number of likely N-dealkylation sites (tertiary alicyclic amines) is 1. The molecule has 1 N–H and O–H groups in total. The summed E-state index contributed by atoms with van der Waals surface area (Å²) >= 11 is 0. The van der Waals surface area contributed by atoms with Gasteiger partial charge in [0.25, 0.3) is 0 Å². The van der Waals surface area contributed by atoms with Crippen molar-refractivity contribution in [2.75, 3.05) is 52.4 Å². The van der Waals surface area contributed by atoms with Crippen LogP contribution in [0.15, 0.2) is 18.6 Å². The van der Waals surface area contributed by atoms with Crippen LogP contribution in [0.5, 0.6) is 0 Å². The number of amides is 1. The number of aliphatic hydroxyl groups excluding tert-OH is 1. The van der Waals surface area contributed by atoms with Crippen molar-refractivity contribution < 1.29 is 9.90 Å². The third-order valence-electron chi connectivity index (χ3n) is 4.76. The molecule has 2 aliphatic heterocycles. The van der Waals surface area contributed by atoms with Crippen LogP contribution in [0.2, 0.25) is 0 Å². The van der Waals surface area contributed by atoms with Gasteiger partial charge in [-0.3, -0.25) is 14.6 Å². The molecule has 126 valence electrons. The first-order chi connectivity index (χ1) is 11.3. The fraction of sp³-hybridized carbons (Fsp3) is 0.688. The maximum Gasteiger partial charge on any atom is 0.237 e. The number of aliphatic hydroxyl groups is 1. The van der Waals surface area contributed by atoms with Crippen LogP contribution in [0.3, 0.4) is 0 Å². The molecule has 23 heavy (non-hydrogen) atoms. The van der Waals surface area contributed by atoms with E-state index in [1.54, 1.807) is 12.5 Å². The Labute approximate surface area is 136 Å². The summed E-state index contributed by atoms with van der Waals surface area (Å²) in [5, 5.41) is 8.98. The van der Waals surface area contributed by atoms with E-state index in [1.807, 2.05) is 11.0 Å². The van der Waals surface area contributed by atoms with Crippen molar-refractivity contribution in [3.8, 4) is 0 Å². The molecule has 0 aromatic carbocycles. The summed E-state index contributed by atoms with van der Waals surface area (Å²) in [6, 6.07) is 2.00. The molecule has 1 atom stereocenters. The van der Waals surface area contributed by atoms with Crippen molar-refractivity contribution in [2.45, 2.75) is 18.9 Å². The Hall–Kier alpha value is -1.57. The highest BCUT2D eigenvalue weighted by Gasteiger charge is 2.32. The number of aromatic nitrogens is 2. The van der Waals surface area contributed by atoms with Crippen LogP contribution < -0.4 is 0 Å². The lowest BCUT2D eigenvalue weighted by Crippen LogP contribution is -2.50. The highest BCUT2D eigenvalue weighted by molar-refractivity contribution is 5.79. The zero-order valence-corrected chi connectivity index (χ0v) is 13.5. The Morgan fingerprint density at radius 3 is 2.70 bits per heavy atom. The number of carbonyl (C=O) groups excluding carboxylic acids is 1. The van der Waals surface area contributed by atoms with Gasteiger partial charge in [-0.25, -0.2) is 9.97 Å². The molecule has 0 bridgehead atoms. The van der Waals surface area contributed by atoms with Gasteiger partial charge in [-0.05, 0) is 18.9 Å². The quantitative estimate of drug-likeness (QED) is 0.807. The summed E-state index contributed by atoms with van der Waals surface area (Å²) in [6.07, 6.45) is 5.30. The third-order valence-corrected chi connectivity index (χ3v) is 4.76. The molecule has 0 aliphatic carbocycles. The van der Waals surface area contributed by atoms with E-state index in [-0.39, 0.29) is 18.6 Å². The van der Waals surface area contributed by atoms with Gasteiger partial charge in [0.1, 0.15) is 6.33 Å². The first-order valence-corrected chi connectivity index (χ1v) is 8.39. The largest absolute Gasteiger partial charge is 0.395 e. The molecule has 2 aliphatic rings. The average molecular weight is 319 g/mol. The number of hydrogen-bond acceptors (Lipinski definition) is 6. The van der Waals surface area contributed by atoms with E-state index in [2.05, 4.69) is 19.8 Å². The fourth-order valence-electron chi connectivity index (χ4n) is 3.47. The maximum absolute atomic E-state index is 12.7. The van der Waals surface area contributed by atoms with Crippen molar-refractivity contribution >= 4 is 5.91 Å². The van der Waals surface area contributed by atoms with Crippen molar-refractivity contribution in [3.05, 3.63) is 24.3 Å². The van der Waals surface area contributed by atoms with Crippen molar-refractivity contribution in [1.29, 1.82) is 0 Å². The van der Waals surface area contributed by atoms with E-state index in [4.69, 9.17) is 5.11 Å². The molecule has 2 saturated heterocycles. The summed E-state index contributed by atoms with van der Waals surface area (Å²) in [4.78, 5) is 27.4. The van der Waals surface area contributed by atoms with Crippen LogP contribution in [0, 0.1) is 0 Å². The molecule has 3 heterocycles. The predicted molar refractivity (Wildman–Crippen MR) is 85.7 cm³/mol. The van der Waals surface area contributed by atoms with Gasteiger partial charge in [0, 0.05) is 45.5 Å². The minimum absolute atomic E-state index is 0.0983. The molecule has 1 aromatic heterocycles. The van der Waals surface area contributed by atoms with Gasteiger partial charge in [-0.15, -0.1) is 0 Å². The fourth-order valence-corrected chi connectivity index (χ4v) is 3.47.